The number of rotatable bonds is 2. The highest BCUT2D eigenvalue weighted by Crippen LogP contribution is 2.36. The van der Waals surface area contributed by atoms with Crippen LogP contribution in [0.25, 0.3) is 0 Å². The van der Waals surface area contributed by atoms with Crippen LogP contribution in [0.4, 0.5) is 0 Å². The van der Waals surface area contributed by atoms with Gasteiger partial charge in [-0.2, -0.15) is 0 Å². The van der Waals surface area contributed by atoms with Crippen LogP contribution in [0.5, 0.6) is 0 Å². The maximum Gasteiger partial charge on any atom is 0.166 e. The van der Waals surface area contributed by atoms with Crippen molar-refractivity contribution < 1.29 is 9.59 Å². The van der Waals surface area contributed by atoms with Crippen molar-refractivity contribution >= 4 is 11.6 Å². The number of hydrogen-bond acceptors (Lipinski definition) is 3. The summed E-state index contributed by atoms with van der Waals surface area (Å²) < 4.78 is 0. The van der Waals surface area contributed by atoms with E-state index in [0.717, 1.165) is 38.8 Å². The van der Waals surface area contributed by atoms with Crippen molar-refractivity contribution in [3.05, 3.63) is 12.2 Å². The monoisotopic (exact) mass is 261 g/mol. The first-order valence-electron chi connectivity index (χ1n) is 7.66. The molecule has 19 heavy (non-hydrogen) atoms. The van der Waals surface area contributed by atoms with Crippen LogP contribution in [-0.2, 0) is 9.59 Å². The molecule has 2 heterocycles. The fourth-order valence-corrected chi connectivity index (χ4v) is 4.19. The third-order valence-electron chi connectivity index (χ3n) is 5.18. The Hall–Kier alpha value is -0.960. The minimum Gasteiger partial charge on any atom is -0.300 e. The van der Waals surface area contributed by atoms with Gasteiger partial charge in [-0.05, 0) is 57.2 Å². The molecule has 104 valence electrons. The summed E-state index contributed by atoms with van der Waals surface area (Å²) in [6.07, 6.45) is 8.85. The zero-order valence-corrected chi connectivity index (χ0v) is 11.7. The summed E-state index contributed by atoms with van der Waals surface area (Å²) in [5, 5.41) is 0. The topological polar surface area (TPSA) is 37.4 Å². The van der Waals surface area contributed by atoms with Crippen LogP contribution >= 0.6 is 0 Å². The second kappa shape index (κ2) is 5.20. The largest absolute Gasteiger partial charge is 0.300 e. The molecule has 1 aliphatic carbocycles. The fourth-order valence-electron chi connectivity index (χ4n) is 4.19. The molecule has 0 N–H and O–H groups in total. The molecule has 2 fully saturated rings. The van der Waals surface area contributed by atoms with Crippen LogP contribution in [0.2, 0.25) is 0 Å². The molecule has 4 atom stereocenters. The molecule has 0 radical (unpaired) electrons. The maximum absolute atomic E-state index is 12.8. The molecule has 0 saturated carbocycles. The average Bonchev–Trinajstić information content (AvgIpc) is 2.86. The minimum absolute atomic E-state index is 0.0406. The first-order chi connectivity index (χ1) is 9.18. The lowest BCUT2D eigenvalue weighted by Gasteiger charge is -2.38. The Morgan fingerprint density at radius 3 is 2.74 bits per heavy atom. The van der Waals surface area contributed by atoms with Crippen molar-refractivity contribution in [3.8, 4) is 0 Å². The Balaban J connectivity index is 1.79. The summed E-state index contributed by atoms with van der Waals surface area (Å²) in [7, 11) is 0. The van der Waals surface area contributed by atoms with Gasteiger partial charge in [-0.15, -0.1) is 0 Å². The second-order valence-electron chi connectivity index (χ2n) is 6.39. The molecule has 2 saturated heterocycles. The number of ketones is 2. The van der Waals surface area contributed by atoms with Gasteiger partial charge in [0.25, 0.3) is 0 Å². The van der Waals surface area contributed by atoms with Crippen molar-refractivity contribution in [2.45, 2.75) is 45.1 Å². The predicted molar refractivity (Wildman–Crippen MR) is 73.7 cm³/mol. The molecule has 0 aromatic heterocycles. The van der Waals surface area contributed by atoms with Gasteiger partial charge in [-0.1, -0.05) is 13.0 Å². The molecule has 0 spiro atoms. The number of nitrogens with zero attached hydrogens (tertiary/aromatic N) is 1. The van der Waals surface area contributed by atoms with E-state index in [1.54, 1.807) is 6.08 Å². The lowest BCUT2D eigenvalue weighted by atomic mass is 9.73. The highest BCUT2D eigenvalue weighted by molar-refractivity contribution is 6.09. The van der Waals surface area contributed by atoms with Crippen molar-refractivity contribution in [1.29, 1.82) is 0 Å². The third-order valence-corrected chi connectivity index (χ3v) is 5.18. The Morgan fingerprint density at radius 2 is 2.00 bits per heavy atom. The van der Waals surface area contributed by atoms with Gasteiger partial charge in [0.15, 0.2) is 5.78 Å². The molecular weight excluding hydrogens is 238 g/mol. The van der Waals surface area contributed by atoms with E-state index in [0.29, 0.717) is 6.04 Å². The third kappa shape index (κ3) is 2.29. The van der Waals surface area contributed by atoms with Crippen molar-refractivity contribution in [1.82, 2.24) is 4.90 Å². The first kappa shape index (κ1) is 13.0. The van der Waals surface area contributed by atoms with Crippen molar-refractivity contribution in [2.24, 2.45) is 17.8 Å². The van der Waals surface area contributed by atoms with E-state index in [2.05, 4.69) is 4.90 Å². The molecule has 3 rings (SSSR count). The van der Waals surface area contributed by atoms with E-state index in [-0.39, 0.29) is 29.3 Å². The van der Waals surface area contributed by atoms with Gasteiger partial charge < -0.3 is 0 Å². The van der Waals surface area contributed by atoms with Crippen LogP contribution in [0.3, 0.4) is 0 Å². The van der Waals surface area contributed by atoms with Crippen LogP contribution < -0.4 is 0 Å². The Morgan fingerprint density at radius 1 is 1.26 bits per heavy atom. The number of carbonyl (C=O) groups is 2. The van der Waals surface area contributed by atoms with Crippen LogP contribution in [0.1, 0.15) is 39.0 Å². The molecule has 0 bridgehead atoms. The lowest BCUT2D eigenvalue weighted by molar-refractivity contribution is -0.137. The van der Waals surface area contributed by atoms with Gasteiger partial charge in [0, 0.05) is 12.0 Å². The maximum atomic E-state index is 12.8. The quantitative estimate of drug-likeness (QED) is 0.715. The van der Waals surface area contributed by atoms with Gasteiger partial charge in [-0.3, -0.25) is 14.5 Å². The fraction of sp³-hybridized carbons (Fsp3) is 0.750. The summed E-state index contributed by atoms with van der Waals surface area (Å²) in [5.74, 6) is 0.203. The van der Waals surface area contributed by atoms with Crippen LogP contribution in [0.15, 0.2) is 12.2 Å². The van der Waals surface area contributed by atoms with Gasteiger partial charge >= 0.3 is 0 Å². The van der Waals surface area contributed by atoms with Gasteiger partial charge in [0.2, 0.25) is 0 Å². The number of piperidine rings is 1. The van der Waals surface area contributed by atoms with E-state index in [4.69, 9.17) is 0 Å². The number of Topliss-reactive ketones (excluding diaryl/α,β-unsaturated/α-hetero) is 1. The summed E-state index contributed by atoms with van der Waals surface area (Å²) in [6.45, 7) is 4.32. The number of allylic oxidation sites excluding steroid dienone is 2. The van der Waals surface area contributed by atoms with Gasteiger partial charge in [0.1, 0.15) is 5.78 Å². The SMILES string of the molecule is CC1CC=CC(=O)C1C(=O)C1CCCN2CCCC12. The molecule has 0 aromatic rings. The first-order valence-corrected chi connectivity index (χ1v) is 7.66. The molecule has 3 nitrogen and oxygen atoms in total. The summed E-state index contributed by atoms with van der Waals surface area (Å²) >= 11 is 0. The Kier molecular flexibility index (Phi) is 3.57. The molecule has 4 unspecified atom stereocenters. The molecule has 0 aromatic carbocycles. The van der Waals surface area contributed by atoms with Crippen LogP contribution in [0, 0.1) is 17.8 Å². The molecule has 0 amide bonds. The standard InChI is InChI=1S/C16H23NO2/c1-11-5-2-8-14(18)15(11)16(19)12-6-3-9-17-10-4-7-13(12)17/h2,8,11-13,15H,3-7,9-10H2,1H3. The van der Waals surface area contributed by atoms with E-state index < -0.39 is 0 Å². The Bertz CT molecular complexity index is 415. The van der Waals surface area contributed by atoms with Gasteiger partial charge in [-0.25, -0.2) is 0 Å². The molecule has 3 aliphatic rings. The number of hydrogen-bond donors (Lipinski definition) is 0. The van der Waals surface area contributed by atoms with Gasteiger partial charge in [0.05, 0.1) is 5.92 Å². The normalized spacial score (nSPS) is 39.3. The summed E-state index contributed by atoms with van der Waals surface area (Å²) in [6, 6.07) is 0.423. The molecule has 3 heteroatoms. The number of carbonyl (C=O) groups excluding carboxylic acids is 2. The number of fused-ring (bicyclic) bond motifs is 1. The zero-order valence-electron chi connectivity index (χ0n) is 11.7. The average molecular weight is 261 g/mol. The predicted octanol–water partition coefficient (Wildman–Crippen LogP) is 2.21. The van der Waals surface area contributed by atoms with E-state index in [9.17, 15) is 9.59 Å². The van der Waals surface area contributed by atoms with Crippen LogP contribution in [-0.4, -0.2) is 35.6 Å². The smallest absolute Gasteiger partial charge is 0.166 e. The highest BCUT2D eigenvalue weighted by atomic mass is 16.2. The van der Waals surface area contributed by atoms with Crippen molar-refractivity contribution in [2.75, 3.05) is 13.1 Å². The highest BCUT2D eigenvalue weighted by Gasteiger charge is 2.43. The van der Waals surface area contributed by atoms with E-state index in [1.807, 2.05) is 13.0 Å². The van der Waals surface area contributed by atoms with Crippen molar-refractivity contribution in [3.63, 3.8) is 0 Å². The molecular formula is C16H23NO2. The summed E-state index contributed by atoms with van der Waals surface area (Å²) in [5.41, 5.74) is 0. The van der Waals surface area contributed by atoms with E-state index in [1.165, 1.54) is 6.42 Å². The Labute approximate surface area is 115 Å². The lowest BCUT2D eigenvalue weighted by Crippen LogP contribution is -2.47. The molecule has 2 aliphatic heterocycles. The second-order valence-corrected chi connectivity index (χ2v) is 6.39. The summed E-state index contributed by atoms with van der Waals surface area (Å²) in [4.78, 5) is 27.4. The zero-order chi connectivity index (χ0) is 13.4. The minimum atomic E-state index is -0.365. The van der Waals surface area contributed by atoms with E-state index >= 15 is 0 Å².